The summed E-state index contributed by atoms with van der Waals surface area (Å²) >= 11 is 0. The van der Waals surface area contributed by atoms with Gasteiger partial charge in [0.15, 0.2) is 0 Å². The van der Waals surface area contributed by atoms with Gasteiger partial charge in [-0.05, 0) is 63.5 Å². The van der Waals surface area contributed by atoms with Gasteiger partial charge in [0.1, 0.15) is 0 Å². The highest BCUT2D eigenvalue weighted by molar-refractivity contribution is 4.95. The van der Waals surface area contributed by atoms with Crippen LogP contribution in [-0.2, 0) is 4.74 Å². The van der Waals surface area contributed by atoms with E-state index in [4.69, 9.17) is 4.74 Å². The van der Waals surface area contributed by atoms with Crippen LogP contribution < -0.4 is 5.32 Å². The van der Waals surface area contributed by atoms with Gasteiger partial charge in [-0.1, -0.05) is 6.92 Å². The molecular weight excluding hydrogens is 186 g/mol. The third-order valence-electron chi connectivity index (χ3n) is 4.99. The van der Waals surface area contributed by atoms with E-state index < -0.39 is 0 Å². The summed E-state index contributed by atoms with van der Waals surface area (Å²) in [5, 5.41) is 3.50. The fourth-order valence-corrected chi connectivity index (χ4v) is 3.21. The van der Waals surface area contributed by atoms with Gasteiger partial charge in [-0.15, -0.1) is 0 Å². The van der Waals surface area contributed by atoms with Crippen molar-refractivity contribution in [1.29, 1.82) is 0 Å². The summed E-state index contributed by atoms with van der Waals surface area (Å²) in [5.74, 6) is 0.902. The minimum atomic E-state index is 0.158. The van der Waals surface area contributed by atoms with Gasteiger partial charge >= 0.3 is 0 Å². The van der Waals surface area contributed by atoms with E-state index in [9.17, 15) is 0 Å². The molecule has 15 heavy (non-hydrogen) atoms. The zero-order chi connectivity index (χ0) is 10.9. The molecule has 1 saturated carbocycles. The predicted octanol–water partition coefficient (Wildman–Crippen LogP) is 2.58. The van der Waals surface area contributed by atoms with Crippen molar-refractivity contribution in [2.75, 3.05) is 20.2 Å². The number of nitrogens with one attached hydrogen (secondary N) is 1. The zero-order valence-electron chi connectivity index (χ0n) is 10.4. The zero-order valence-corrected chi connectivity index (χ0v) is 10.4. The summed E-state index contributed by atoms with van der Waals surface area (Å²) in [6, 6.07) is 0. The molecule has 0 spiro atoms. The van der Waals surface area contributed by atoms with Crippen LogP contribution in [0.15, 0.2) is 0 Å². The first kappa shape index (κ1) is 11.4. The molecule has 1 atom stereocenters. The quantitative estimate of drug-likeness (QED) is 0.758. The molecule has 88 valence electrons. The number of rotatable bonds is 2. The largest absolute Gasteiger partial charge is 0.379 e. The Kier molecular flexibility index (Phi) is 3.09. The summed E-state index contributed by atoms with van der Waals surface area (Å²) in [5.41, 5.74) is 0.729. The van der Waals surface area contributed by atoms with Crippen molar-refractivity contribution in [2.45, 2.75) is 51.6 Å². The van der Waals surface area contributed by atoms with Crippen LogP contribution in [0.3, 0.4) is 0 Å². The molecule has 1 aliphatic heterocycles. The first-order valence-electron chi connectivity index (χ1n) is 6.34. The monoisotopic (exact) mass is 211 g/mol. The topological polar surface area (TPSA) is 21.3 Å². The molecule has 0 aromatic rings. The summed E-state index contributed by atoms with van der Waals surface area (Å²) in [6.07, 6.45) is 6.51. The minimum absolute atomic E-state index is 0.158. The summed E-state index contributed by atoms with van der Waals surface area (Å²) in [6.45, 7) is 7.21. The second kappa shape index (κ2) is 4.06. The molecule has 2 nitrogen and oxygen atoms in total. The van der Waals surface area contributed by atoms with Crippen molar-refractivity contribution in [3.63, 3.8) is 0 Å². The van der Waals surface area contributed by atoms with Crippen LogP contribution in [0.4, 0.5) is 0 Å². The van der Waals surface area contributed by atoms with Crippen molar-refractivity contribution < 1.29 is 4.74 Å². The van der Waals surface area contributed by atoms with E-state index in [1.54, 1.807) is 0 Å². The van der Waals surface area contributed by atoms with E-state index in [-0.39, 0.29) is 5.60 Å². The maximum Gasteiger partial charge on any atom is 0.0651 e. The lowest BCUT2D eigenvalue weighted by Crippen LogP contribution is -2.41. The molecule has 0 amide bonds. The number of hydrogen-bond donors (Lipinski definition) is 1. The lowest BCUT2D eigenvalue weighted by atomic mass is 9.63. The van der Waals surface area contributed by atoms with Crippen LogP contribution in [0.25, 0.3) is 0 Å². The van der Waals surface area contributed by atoms with Gasteiger partial charge in [0.05, 0.1) is 5.60 Å². The Morgan fingerprint density at radius 3 is 2.27 bits per heavy atom. The molecule has 0 aromatic heterocycles. The van der Waals surface area contributed by atoms with Gasteiger partial charge in [-0.3, -0.25) is 0 Å². The van der Waals surface area contributed by atoms with Gasteiger partial charge < -0.3 is 10.1 Å². The normalized spacial score (nSPS) is 47.0. The van der Waals surface area contributed by atoms with E-state index in [0.717, 1.165) is 5.92 Å². The van der Waals surface area contributed by atoms with Crippen LogP contribution in [0, 0.1) is 11.3 Å². The summed E-state index contributed by atoms with van der Waals surface area (Å²) < 4.78 is 5.62. The van der Waals surface area contributed by atoms with Gasteiger partial charge in [-0.2, -0.15) is 0 Å². The average Bonchev–Trinajstić information content (AvgIpc) is 2.77. The Hall–Kier alpha value is -0.0800. The second-order valence-corrected chi connectivity index (χ2v) is 6.00. The number of methoxy groups -OCH3 is 1. The third kappa shape index (κ3) is 2.21. The maximum absolute atomic E-state index is 5.62. The lowest BCUT2D eigenvalue weighted by Gasteiger charge is -2.45. The predicted molar refractivity (Wildman–Crippen MR) is 63.0 cm³/mol. The van der Waals surface area contributed by atoms with Crippen molar-refractivity contribution in [1.82, 2.24) is 5.32 Å². The average molecular weight is 211 g/mol. The van der Waals surface area contributed by atoms with Gasteiger partial charge in [0, 0.05) is 7.11 Å². The van der Waals surface area contributed by atoms with E-state index >= 15 is 0 Å². The molecule has 1 N–H and O–H groups in total. The van der Waals surface area contributed by atoms with Crippen LogP contribution in [0.1, 0.15) is 46.0 Å². The minimum Gasteiger partial charge on any atom is -0.379 e. The molecule has 0 bridgehead atoms. The van der Waals surface area contributed by atoms with Crippen molar-refractivity contribution >= 4 is 0 Å². The fourth-order valence-electron chi connectivity index (χ4n) is 3.21. The molecule has 0 radical (unpaired) electrons. The molecule has 2 aliphatic rings. The fraction of sp³-hybridized carbons (Fsp3) is 1.00. The van der Waals surface area contributed by atoms with Crippen LogP contribution >= 0.6 is 0 Å². The molecule has 1 aliphatic carbocycles. The van der Waals surface area contributed by atoms with Gasteiger partial charge in [0.25, 0.3) is 0 Å². The molecule has 2 heteroatoms. The van der Waals surface area contributed by atoms with Gasteiger partial charge in [-0.25, -0.2) is 0 Å². The summed E-state index contributed by atoms with van der Waals surface area (Å²) in [7, 11) is 1.86. The first-order valence-corrected chi connectivity index (χ1v) is 6.34. The van der Waals surface area contributed by atoms with E-state index in [1.807, 2.05) is 7.11 Å². The highest BCUT2D eigenvalue weighted by Crippen LogP contribution is 2.48. The van der Waals surface area contributed by atoms with Crippen LogP contribution in [0.2, 0.25) is 0 Å². The number of hydrogen-bond acceptors (Lipinski definition) is 2. The third-order valence-corrected chi connectivity index (χ3v) is 4.99. The molecular formula is C13H25NO. The molecule has 1 saturated heterocycles. The highest BCUT2D eigenvalue weighted by atomic mass is 16.5. The molecule has 1 heterocycles. The van der Waals surface area contributed by atoms with Crippen molar-refractivity contribution in [3.8, 4) is 0 Å². The van der Waals surface area contributed by atoms with Crippen LogP contribution in [-0.4, -0.2) is 25.8 Å². The SMILES string of the molecule is COC1(C)CCC(C)([C@@H]2CCNC2)CC1. The lowest BCUT2D eigenvalue weighted by molar-refractivity contribution is -0.0607. The smallest absolute Gasteiger partial charge is 0.0651 e. The van der Waals surface area contributed by atoms with E-state index in [2.05, 4.69) is 19.2 Å². The van der Waals surface area contributed by atoms with Crippen molar-refractivity contribution in [3.05, 3.63) is 0 Å². The van der Waals surface area contributed by atoms with E-state index in [1.165, 1.54) is 45.2 Å². The maximum atomic E-state index is 5.62. The standard InChI is InChI=1S/C13H25NO/c1-12(11-4-9-14-10-11)5-7-13(2,15-3)8-6-12/h11,14H,4-10H2,1-3H3/t11-,12?,13?/m1/s1. The Morgan fingerprint density at radius 1 is 1.13 bits per heavy atom. The highest BCUT2D eigenvalue weighted by Gasteiger charge is 2.42. The van der Waals surface area contributed by atoms with E-state index in [0.29, 0.717) is 5.41 Å². The van der Waals surface area contributed by atoms with Gasteiger partial charge in [0.2, 0.25) is 0 Å². The molecule has 0 unspecified atom stereocenters. The molecule has 0 aromatic carbocycles. The van der Waals surface area contributed by atoms with Crippen molar-refractivity contribution in [2.24, 2.45) is 11.3 Å². The second-order valence-electron chi connectivity index (χ2n) is 6.00. The first-order chi connectivity index (χ1) is 7.08. The molecule has 2 fully saturated rings. The summed E-state index contributed by atoms with van der Waals surface area (Å²) in [4.78, 5) is 0. The Bertz CT molecular complexity index is 213. The Labute approximate surface area is 93.8 Å². The Morgan fingerprint density at radius 2 is 1.80 bits per heavy atom. The van der Waals surface area contributed by atoms with Crippen LogP contribution in [0.5, 0.6) is 0 Å². The number of ether oxygens (including phenoxy) is 1. The Balaban J connectivity index is 1.96. The molecule has 2 rings (SSSR count).